The summed E-state index contributed by atoms with van der Waals surface area (Å²) in [5.41, 5.74) is -0.446. The molecule has 3 rings (SSSR count). The van der Waals surface area contributed by atoms with E-state index in [0.717, 1.165) is 0 Å². The van der Waals surface area contributed by atoms with Crippen LogP contribution in [0.1, 0.15) is 23.6 Å². The quantitative estimate of drug-likeness (QED) is 0.720. The normalized spacial score (nSPS) is 12.2. The van der Waals surface area contributed by atoms with Crippen LogP contribution in [-0.4, -0.2) is 15.0 Å². The summed E-state index contributed by atoms with van der Waals surface area (Å²) in [6.45, 7) is 5.53. The van der Waals surface area contributed by atoms with Crippen molar-refractivity contribution in [1.82, 2.24) is 15.0 Å². The van der Waals surface area contributed by atoms with Gasteiger partial charge >= 0.3 is 11.6 Å². The van der Waals surface area contributed by atoms with Crippen LogP contribution in [0.25, 0.3) is 11.1 Å². The Morgan fingerprint density at radius 2 is 2.35 bits per heavy atom. The summed E-state index contributed by atoms with van der Waals surface area (Å²) in [5.74, 6) is 0. The molecule has 0 radical (unpaired) electrons. The Kier molecular flexibility index (Phi) is 4.07. The second-order valence-electron chi connectivity index (χ2n) is 4.64. The Hall–Kier alpha value is -2.74. The van der Waals surface area contributed by atoms with Gasteiger partial charge in [0.2, 0.25) is 5.71 Å². The predicted molar refractivity (Wildman–Crippen MR) is 86.0 cm³/mol. The van der Waals surface area contributed by atoms with Crippen LogP contribution in [0.15, 0.2) is 44.3 Å². The molecule has 3 aromatic heterocycles. The molecule has 118 valence electrons. The molecule has 0 unspecified atom stereocenters. The van der Waals surface area contributed by atoms with E-state index in [0.29, 0.717) is 17.0 Å². The van der Waals surface area contributed by atoms with Crippen LogP contribution >= 0.6 is 11.3 Å². The Bertz CT molecular complexity index is 959. The average molecular weight is 331 g/mol. The molecule has 23 heavy (non-hydrogen) atoms. The smallest absolute Gasteiger partial charge is 0.337 e. The fourth-order valence-corrected chi connectivity index (χ4v) is 2.82. The lowest BCUT2D eigenvalue weighted by molar-refractivity contribution is 0.233. The van der Waals surface area contributed by atoms with E-state index >= 15 is 0 Å². The average Bonchev–Trinajstić information content (AvgIpc) is 3.05. The molecular weight excluding hydrogens is 318 g/mol. The van der Waals surface area contributed by atoms with Gasteiger partial charge in [0.1, 0.15) is 10.4 Å². The second kappa shape index (κ2) is 6.17. The largest absolute Gasteiger partial charge is 0.450 e. The van der Waals surface area contributed by atoms with E-state index in [1.54, 1.807) is 17.7 Å². The summed E-state index contributed by atoms with van der Waals surface area (Å²) in [7, 11) is 0. The molecular formula is C15H13N3O4S. The van der Waals surface area contributed by atoms with E-state index in [1.807, 2.05) is 6.92 Å². The molecule has 0 aromatic carbocycles. The minimum absolute atomic E-state index is 0.0462. The van der Waals surface area contributed by atoms with Gasteiger partial charge in [0.15, 0.2) is 6.10 Å². The first-order chi connectivity index (χ1) is 11.1. The fourth-order valence-electron chi connectivity index (χ4n) is 2.16. The van der Waals surface area contributed by atoms with Gasteiger partial charge in [0, 0.05) is 17.6 Å². The molecule has 0 aliphatic heterocycles. The van der Waals surface area contributed by atoms with Gasteiger partial charge in [-0.1, -0.05) is 13.5 Å². The maximum absolute atomic E-state index is 12.3. The maximum atomic E-state index is 12.3. The number of hydrogen-bond donors (Lipinski definition) is 1. The summed E-state index contributed by atoms with van der Waals surface area (Å²) in [6.07, 6.45) is 3.14. The maximum Gasteiger partial charge on any atom is 0.337 e. The summed E-state index contributed by atoms with van der Waals surface area (Å²) in [4.78, 5) is 34.6. The third kappa shape index (κ3) is 2.93. The van der Waals surface area contributed by atoms with Crippen molar-refractivity contribution in [2.75, 3.05) is 0 Å². The first-order valence-electron chi connectivity index (χ1n) is 6.88. The van der Waals surface area contributed by atoms with Crippen molar-refractivity contribution >= 4 is 22.4 Å². The number of aryl methyl sites for hydroxylation is 1. The van der Waals surface area contributed by atoms with Crippen LogP contribution in [0.5, 0.6) is 6.01 Å². The summed E-state index contributed by atoms with van der Waals surface area (Å²) in [6, 6.07) is 1.24. The van der Waals surface area contributed by atoms with Crippen molar-refractivity contribution in [2.45, 2.75) is 19.4 Å². The van der Waals surface area contributed by atoms with Crippen molar-refractivity contribution in [1.29, 1.82) is 0 Å². The second-order valence-corrected chi connectivity index (χ2v) is 5.57. The number of aromatic amines is 1. The highest BCUT2D eigenvalue weighted by Gasteiger charge is 2.16. The molecule has 3 heterocycles. The molecule has 8 heteroatoms. The van der Waals surface area contributed by atoms with Gasteiger partial charge in [0.05, 0.1) is 0 Å². The van der Waals surface area contributed by atoms with E-state index in [4.69, 9.17) is 9.15 Å². The summed E-state index contributed by atoms with van der Waals surface area (Å²) < 4.78 is 10.6. The van der Waals surface area contributed by atoms with E-state index in [-0.39, 0.29) is 17.1 Å². The Labute approximate surface area is 134 Å². The van der Waals surface area contributed by atoms with Crippen molar-refractivity contribution in [3.63, 3.8) is 0 Å². The zero-order valence-corrected chi connectivity index (χ0v) is 13.1. The van der Waals surface area contributed by atoms with Crippen molar-refractivity contribution < 1.29 is 9.15 Å². The van der Waals surface area contributed by atoms with Crippen LogP contribution in [0.3, 0.4) is 0 Å². The molecule has 0 saturated carbocycles. The van der Waals surface area contributed by atoms with E-state index in [1.165, 1.54) is 17.4 Å². The third-order valence-electron chi connectivity index (χ3n) is 3.20. The van der Waals surface area contributed by atoms with Crippen LogP contribution in [0, 0.1) is 0 Å². The monoisotopic (exact) mass is 331 g/mol. The Morgan fingerprint density at radius 3 is 3.00 bits per heavy atom. The zero-order chi connectivity index (χ0) is 16.4. The lowest BCUT2D eigenvalue weighted by Gasteiger charge is -2.12. The van der Waals surface area contributed by atoms with Crippen LogP contribution in [0.4, 0.5) is 0 Å². The number of aromatic nitrogens is 3. The van der Waals surface area contributed by atoms with Crippen LogP contribution in [-0.2, 0) is 6.42 Å². The predicted octanol–water partition coefficient (Wildman–Crippen LogP) is 2.20. The molecule has 0 aliphatic rings. The standard InChI is InChI=1S/C15H13N3O4S/c1-3-8-7-10(19)22-13-11(8)12(20)17-15(18-13)21-9(4-2)14-16-5-6-23-14/h4-7,9H,2-3H2,1H3,(H,17,18,20)/t9-/m0/s1. The first-order valence-corrected chi connectivity index (χ1v) is 7.76. The molecule has 1 atom stereocenters. The number of H-pyrrole nitrogens is 1. The lowest BCUT2D eigenvalue weighted by atomic mass is 10.1. The minimum atomic E-state index is -0.559. The van der Waals surface area contributed by atoms with Gasteiger partial charge in [-0.15, -0.1) is 11.3 Å². The lowest BCUT2D eigenvalue weighted by Crippen LogP contribution is -2.16. The SMILES string of the molecule is C=C[C@H](Oc1nc2oc(=O)cc(CC)c2c(=O)[nH]1)c1nccs1. The number of rotatable bonds is 5. The molecule has 0 fully saturated rings. The summed E-state index contributed by atoms with van der Waals surface area (Å²) in [5, 5.41) is 2.73. The van der Waals surface area contributed by atoms with Gasteiger partial charge in [-0.3, -0.25) is 9.78 Å². The van der Waals surface area contributed by atoms with Crippen LogP contribution < -0.4 is 15.9 Å². The van der Waals surface area contributed by atoms with Crippen molar-refractivity contribution in [3.05, 3.63) is 61.6 Å². The molecule has 7 nitrogen and oxygen atoms in total. The number of thiazole rings is 1. The number of nitrogens with zero attached hydrogens (tertiary/aromatic N) is 2. The number of nitrogens with one attached hydrogen (secondary N) is 1. The number of ether oxygens (including phenoxy) is 1. The van der Waals surface area contributed by atoms with Crippen molar-refractivity contribution in [2.24, 2.45) is 0 Å². The molecule has 0 aliphatic carbocycles. The van der Waals surface area contributed by atoms with E-state index in [9.17, 15) is 9.59 Å². The van der Waals surface area contributed by atoms with Gasteiger partial charge < -0.3 is 9.15 Å². The molecule has 0 amide bonds. The Balaban J connectivity index is 2.08. The van der Waals surface area contributed by atoms with Gasteiger partial charge in [0.25, 0.3) is 5.56 Å². The molecule has 0 spiro atoms. The van der Waals surface area contributed by atoms with Gasteiger partial charge in [-0.2, -0.15) is 4.98 Å². The minimum Gasteiger partial charge on any atom is -0.450 e. The topological polar surface area (TPSA) is 98.1 Å². The zero-order valence-electron chi connectivity index (χ0n) is 12.2. The van der Waals surface area contributed by atoms with Crippen LogP contribution in [0.2, 0.25) is 0 Å². The highest BCUT2D eigenvalue weighted by molar-refractivity contribution is 7.09. The number of fused-ring (bicyclic) bond motifs is 1. The van der Waals surface area contributed by atoms with E-state index in [2.05, 4.69) is 21.5 Å². The molecule has 0 saturated heterocycles. The molecule has 0 bridgehead atoms. The molecule has 1 N–H and O–H groups in total. The molecule has 3 aromatic rings. The number of hydrogen-bond acceptors (Lipinski definition) is 7. The van der Waals surface area contributed by atoms with E-state index < -0.39 is 17.3 Å². The first kappa shape index (κ1) is 15.2. The third-order valence-corrected chi connectivity index (χ3v) is 4.04. The van der Waals surface area contributed by atoms with Gasteiger partial charge in [-0.25, -0.2) is 9.78 Å². The summed E-state index contributed by atoms with van der Waals surface area (Å²) >= 11 is 1.39. The van der Waals surface area contributed by atoms with Gasteiger partial charge in [-0.05, 0) is 18.1 Å². The fraction of sp³-hybridized carbons (Fsp3) is 0.200. The highest BCUT2D eigenvalue weighted by Crippen LogP contribution is 2.22. The Morgan fingerprint density at radius 1 is 1.52 bits per heavy atom. The van der Waals surface area contributed by atoms with Crippen molar-refractivity contribution in [3.8, 4) is 6.01 Å². The highest BCUT2D eigenvalue weighted by atomic mass is 32.1.